The Morgan fingerprint density at radius 2 is 1.79 bits per heavy atom. The third-order valence-corrected chi connectivity index (χ3v) is 4.03. The minimum Gasteiger partial charge on any atom is -0.299 e. The van der Waals surface area contributed by atoms with E-state index in [2.05, 4.69) is 54.0 Å². The largest absolute Gasteiger partial charge is 0.299 e. The fraction of sp³-hybridized carbons (Fsp3) is 0.647. The summed E-state index contributed by atoms with van der Waals surface area (Å²) in [6, 6.07) is 11.6. The van der Waals surface area contributed by atoms with E-state index in [0.717, 1.165) is 12.6 Å². The minimum absolute atomic E-state index is 0.781. The van der Waals surface area contributed by atoms with Crippen molar-refractivity contribution >= 4 is 0 Å². The van der Waals surface area contributed by atoms with Gasteiger partial charge in [-0.05, 0) is 37.9 Å². The molecule has 2 heteroatoms. The molecular weight excluding hydrogens is 232 g/mol. The van der Waals surface area contributed by atoms with Crippen molar-refractivity contribution in [3.8, 4) is 0 Å². The standard InChI is InChI=1S/C17H28N2/c1-3-11-19(12-4-2)17-10-13-18(15-17)14-16-8-6-5-7-9-16/h5-9,17H,3-4,10-15H2,1-2H3. The van der Waals surface area contributed by atoms with Crippen molar-refractivity contribution < 1.29 is 0 Å². The van der Waals surface area contributed by atoms with Crippen molar-refractivity contribution in [2.45, 2.75) is 45.7 Å². The van der Waals surface area contributed by atoms with Crippen molar-refractivity contribution in [2.75, 3.05) is 26.2 Å². The Kier molecular flexibility index (Phi) is 5.87. The van der Waals surface area contributed by atoms with Gasteiger partial charge in [0.2, 0.25) is 0 Å². The average molecular weight is 260 g/mol. The van der Waals surface area contributed by atoms with Gasteiger partial charge in [0, 0.05) is 25.7 Å². The van der Waals surface area contributed by atoms with Crippen LogP contribution in [0.1, 0.15) is 38.7 Å². The molecule has 0 saturated carbocycles. The summed E-state index contributed by atoms with van der Waals surface area (Å²) in [5.41, 5.74) is 1.45. The zero-order valence-corrected chi connectivity index (χ0v) is 12.5. The van der Waals surface area contributed by atoms with Gasteiger partial charge in [0.25, 0.3) is 0 Å². The van der Waals surface area contributed by atoms with E-state index in [0.29, 0.717) is 0 Å². The molecule has 1 heterocycles. The van der Waals surface area contributed by atoms with E-state index in [1.165, 1.54) is 51.0 Å². The van der Waals surface area contributed by atoms with Crippen LogP contribution < -0.4 is 0 Å². The Balaban J connectivity index is 1.84. The van der Waals surface area contributed by atoms with Crippen LogP contribution in [0.3, 0.4) is 0 Å². The fourth-order valence-electron chi connectivity index (χ4n) is 3.15. The van der Waals surface area contributed by atoms with E-state index in [4.69, 9.17) is 0 Å². The van der Waals surface area contributed by atoms with Gasteiger partial charge in [0.05, 0.1) is 0 Å². The fourth-order valence-corrected chi connectivity index (χ4v) is 3.15. The molecular formula is C17H28N2. The molecule has 1 aromatic carbocycles. The minimum atomic E-state index is 0.781. The lowest BCUT2D eigenvalue weighted by atomic mass is 10.2. The van der Waals surface area contributed by atoms with Crippen molar-refractivity contribution in [3.63, 3.8) is 0 Å². The summed E-state index contributed by atoms with van der Waals surface area (Å²) < 4.78 is 0. The molecule has 0 spiro atoms. The lowest BCUT2D eigenvalue weighted by Crippen LogP contribution is -2.38. The lowest BCUT2D eigenvalue weighted by Gasteiger charge is -2.28. The summed E-state index contributed by atoms with van der Waals surface area (Å²) in [7, 11) is 0. The number of benzene rings is 1. The molecule has 0 N–H and O–H groups in total. The topological polar surface area (TPSA) is 6.48 Å². The molecule has 0 bridgehead atoms. The molecule has 1 unspecified atom stereocenters. The average Bonchev–Trinajstić information content (AvgIpc) is 2.88. The van der Waals surface area contributed by atoms with Gasteiger partial charge in [0.1, 0.15) is 0 Å². The molecule has 0 radical (unpaired) electrons. The molecule has 1 aromatic rings. The summed E-state index contributed by atoms with van der Waals surface area (Å²) in [5, 5.41) is 0. The number of hydrogen-bond acceptors (Lipinski definition) is 2. The van der Waals surface area contributed by atoms with Crippen LogP contribution in [0.5, 0.6) is 0 Å². The van der Waals surface area contributed by atoms with Crippen LogP contribution in [-0.2, 0) is 6.54 Å². The maximum atomic E-state index is 2.70. The third kappa shape index (κ3) is 4.32. The highest BCUT2D eigenvalue weighted by molar-refractivity contribution is 5.14. The van der Waals surface area contributed by atoms with Gasteiger partial charge in [-0.15, -0.1) is 0 Å². The second-order valence-electron chi connectivity index (χ2n) is 5.70. The molecule has 2 nitrogen and oxygen atoms in total. The highest BCUT2D eigenvalue weighted by atomic mass is 15.2. The molecule has 1 fully saturated rings. The third-order valence-electron chi connectivity index (χ3n) is 4.03. The summed E-state index contributed by atoms with van der Waals surface area (Å²) in [6.45, 7) is 10.7. The first-order valence-corrected chi connectivity index (χ1v) is 7.83. The van der Waals surface area contributed by atoms with E-state index < -0.39 is 0 Å². The van der Waals surface area contributed by atoms with Crippen molar-refractivity contribution in [3.05, 3.63) is 35.9 Å². The predicted octanol–water partition coefficient (Wildman–Crippen LogP) is 3.38. The molecule has 1 aliphatic heterocycles. The first kappa shape index (κ1) is 14.5. The van der Waals surface area contributed by atoms with Crippen LogP contribution in [0.15, 0.2) is 30.3 Å². The number of nitrogens with zero attached hydrogens (tertiary/aromatic N) is 2. The van der Waals surface area contributed by atoms with E-state index in [9.17, 15) is 0 Å². The molecule has 19 heavy (non-hydrogen) atoms. The van der Waals surface area contributed by atoms with E-state index in [1.54, 1.807) is 0 Å². The Bertz CT molecular complexity index is 344. The summed E-state index contributed by atoms with van der Waals surface area (Å²) in [5.74, 6) is 0. The van der Waals surface area contributed by atoms with Crippen molar-refractivity contribution in [2.24, 2.45) is 0 Å². The summed E-state index contributed by atoms with van der Waals surface area (Å²) in [6.07, 6.45) is 3.89. The number of rotatable bonds is 7. The Morgan fingerprint density at radius 3 is 2.42 bits per heavy atom. The van der Waals surface area contributed by atoms with E-state index in [-0.39, 0.29) is 0 Å². The summed E-state index contributed by atoms with van der Waals surface area (Å²) in [4.78, 5) is 5.31. The van der Waals surface area contributed by atoms with E-state index in [1.807, 2.05) is 0 Å². The smallest absolute Gasteiger partial charge is 0.0235 e. The van der Waals surface area contributed by atoms with Crippen LogP contribution in [0, 0.1) is 0 Å². The van der Waals surface area contributed by atoms with Gasteiger partial charge in [0.15, 0.2) is 0 Å². The maximum Gasteiger partial charge on any atom is 0.0235 e. The number of likely N-dealkylation sites (tertiary alicyclic amines) is 1. The monoisotopic (exact) mass is 260 g/mol. The second-order valence-corrected chi connectivity index (χ2v) is 5.70. The van der Waals surface area contributed by atoms with Crippen LogP contribution in [-0.4, -0.2) is 42.0 Å². The van der Waals surface area contributed by atoms with Gasteiger partial charge in [-0.2, -0.15) is 0 Å². The molecule has 1 atom stereocenters. The molecule has 106 valence electrons. The molecule has 2 rings (SSSR count). The van der Waals surface area contributed by atoms with Gasteiger partial charge in [-0.1, -0.05) is 44.2 Å². The highest BCUT2D eigenvalue weighted by Gasteiger charge is 2.26. The zero-order chi connectivity index (χ0) is 13.5. The summed E-state index contributed by atoms with van der Waals surface area (Å²) >= 11 is 0. The van der Waals surface area contributed by atoms with Gasteiger partial charge in [-0.25, -0.2) is 0 Å². The molecule has 0 amide bonds. The van der Waals surface area contributed by atoms with Gasteiger partial charge in [-0.3, -0.25) is 9.80 Å². The maximum absolute atomic E-state index is 2.70. The van der Waals surface area contributed by atoms with Crippen LogP contribution in [0.25, 0.3) is 0 Å². The Hall–Kier alpha value is -0.860. The normalized spacial score (nSPS) is 20.3. The van der Waals surface area contributed by atoms with Crippen LogP contribution in [0.2, 0.25) is 0 Å². The van der Waals surface area contributed by atoms with Gasteiger partial charge < -0.3 is 0 Å². The van der Waals surface area contributed by atoms with Crippen molar-refractivity contribution in [1.82, 2.24) is 9.80 Å². The molecule has 1 aliphatic rings. The highest BCUT2D eigenvalue weighted by Crippen LogP contribution is 2.18. The Morgan fingerprint density at radius 1 is 1.11 bits per heavy atom. The van der Waals surface area contributed by atoms with Crippen LogP contribution >= 0.6 is 0 Å². The van der Waals surface area contributed by atoms with Crippen LogP contribution in [0.4, 0.5) is 0 Å². The predicted molar refractivity (Wildman–Crippen MR) is 82.3 cm³/mol. The van der Waals surface area contributed by atoms with E-state index >= 15 is 0 Å². The zero-order valence-electron chi connectivity index (χ0n) is 12.5. The first-order valence-electron chi connectivity index (χ1n) is 7.83. The molecule has 0 aromatic heterocycles. The lowest BCUT2D eigenvalue weighted by molar-refractivity contribution is 0.191. The molecule has 1 saturated heterocycles. The quantitative estimate of drug-likeness (QED) is 0.741. The van der Waals surface area contributed by atoms with Gasteiger partial charge >= 0.3 is 0 Å². The SMILES string of the molecule is CCCN(CCC)C1CCN(Cc2ccccc2)C1. The van der Waals surface area contributed by atoms with Crippen molar-refractivity contribution in [1.29, 1.82) is 0 Å². The Labute approximate surface area is 118 Å². The number of hydrogen-bond donors (Lipinski definition) is 0. The molecule has 0 aliphatic carbocycles. The second kappa shape index (κ2) is 7.66. The first-order chi connectivity index (χ1) is 9.33.